The standard InChI is InChI=1S/C32H34ClN5O4S/c1-43(40,41)15-14-29(37-30(31-19-35-23-36-31)17-24-10-12-25(18-34)13-11-24)21-38(20-27-8-5-9-28(33)16-27)32(39)42-22-26-6-3-2-4-7-26/h2-13,16,19,23,29-30,37H,14-15,17,20-22H2,1H3,(H,35,36)/t29-,30?/m0/s1. The highest BCUT2D eigenvalue weighted by Crippen LogP contribution is 2.20. The van der Waals surface area contributed by atoms with E-state index in [1.807, 2.05) is 54.6 Å². The predicted molar refractivity (Wildman–Crippen MR) is 166 cm³/mol. The van der Waals surface area contributed by atoms with Crippen LogP contribution in [0.25, 0.3) is 0 Å². The number of H-pyrrole nitrogens is 1. The fourth-order valence-electron chi connectivity index (χ4n) is 4.67. The fraction of sp³-hybridized carbons (Fsp3) is 0.281. The Balaban J connectivity index is 1.59. The van der Waals surface area contributed by atoms with Crippen LogP contribution in [0.4, 0.5) is 4.79 Å². The van der Waals surface area contributed by atoms with E-state index in [9.17, 15) is 18.5 Å². The van der Waals surface area contributed by atoms with Gasteiger partial charge in [-0.05, 0) is 53.8 Å². The highest BCUT2D eigenvalue weighted by atomic mass is 35.5. The number of sulfone groups is 1. The Kier molecular flexibility index (Phi) is 11.3. The second kappa shape index (κ2) is 15.3. The Morgan fingerprint density at radius 3 is 2.47 bits per heavy atom. The van der Waals surface area contributed by atoms with E-state index >= 15 is 0 Å². The van der Waals surface area contributed by atoms with Crippen molar-refractivity contribution in [3.05, 3.63) is 124 Å². The summed E-state index contributed by atoms with van der Waals surface area (Å²) in [6.45, 7) is 0.492. The predicted octanol–water partition coefficient (Wildman–Crippen LogP) is 5.45. The first kappa shape index (κ1) is 31.8. The van der Waals surface area contributed by atoms with Crippen molar-refractivity contribution in [3.63, 3.8) is 0 Å². The average molecular weight is 620 g/mol. The quantitative estimate of drug-likeness (QED) is 0.192. The van der Waals surface area contributed by atoms with Crippen LogP contribution in [0.2, 0.25) is 5.02 Å². The Labute approximate surface area is 257 Å². The van der Waals surface area contributed by atoms with Gasteiger partial charge in [0.15, 0.2) is 0 Å². The molecule has 224 valence electrons. The van der Waals surface area contributed by atoms with Gasteiger partial charge in [0, 0.05) is 36.6 Å². The molecule has 0 saturated heterocycles. The zero-order valence-corrected chi connectivity index (χ0v) is 25.4. The Hall–Kier alpha value is -4.17. The van der Waals surface area contributed by atoms with Gasteiger partial charge in [-0.25, -0.2) is 18.2 Å². The lowest BCUT2D eigenvalue weighted by atomic mass is 10.0. The van der Waals surface area contributed by atoms with Crippen LogP contribution in [0.3, 0.4) is 0 Å². The van der Waals surface area contributed by atoms with Crippen molar-refractivity contribution < 1.29 is 17.9 Å². The second-order valence-electron chi connectivity index (χ2n) is 10.4. The molecule has 0 aliphatic heterocycles. The first-order chi connectivity index (χ1) is 20.7. The normalized spacial score (nSPS) is 12.7. The molecule has 0 saturated carbocycles. The summed E-state index contributed by atoms with van der Waals surface area (Å²) in [6.07, 6.45) is 4.77. The topological polar surface area (TPSA) is 128 Å². The third-order valence-corrected chi connectivity index (χ3v) is 8.07. The van der Waals surface area contributed by atoms with Gasteiger partial charge in [0.2, 0.25) is 0 Å². The van der Waals surface area contributed by atoms with Crippen molar-refractivity contribution >= 4 is 27.5 Å². The van der Waals surface area contributed by atoms with Gasteiger partial charge >= 0.3 is 6.09 Å². The number of aromatic amines is 1. The summed E-state index contributed by atoms with van der Waals surface area (Å²) >= 11 is 6.24. The van der Waals surface area contributed by atoms with E-state index in [1.54, 1.807) is 41.7 Å². The van der Waals surface area contributed by atoms with Gasteiger partial charge in [-0.1, -0.05) is 66.2 Å². The zero-order chi connectivity index (χ0) is 30.7. The summed E-state index contributed by atoms with van der Waals surface area (Å²) in [5.74, 6) is -0.0682. The average Bonchev–Trinajstić information content (AvgIpc) is 3.54. The van der Waals surface area contributed by atoms with Crippen LogP contribution in [0.5, 0.6) is 0 Å². The van der Waals surface area contributed by atoms with Gasteiger partial charge in [0.05, 0.1) is 35.4 Å². The minimum absolute atomic E-state index is 0.0682. The van der Waals surface area contributed by atoms with E-state index < -0.39 is 22.0 Å². The molecule has 0 aliphatic rings. The smallest absolute Gasteiger partial charge is 0.410 e. The number of nitrogens with zero attached hydrogens (tertiary/aromatic N) is 3. The Morgan fingerprint density at radius 1 is 1.07 bits per heavy atom. The maximum atomic E-state index is 13.5. The number of rotatable bonds is 14. The number of nitrogens with one attached hydrogen (secondary N) is 2. The van der Waals surface area contributed by atoms with Crippen LogP contribution in [-0.4, -0.2) is 54.0 Å². The number of benzene rings is 3. The molecule has 3 aromatic carbocycles. The third-order valence-electron chi connectivity index (χ3n) is 6.86. The van der Waals surface area contributed by atoms with Gasteiger partial charge in [0.25, 0.3) is 0 Å². The molecule has 2 N–H and O–H groups in total. The molecular weight excluding hydrogens is 586 g/mol. The summed E-state index contributed by atoms with van der Waals surface area (Å²) in [5.41, 5.74) is 4.01. The molecule has 4 aromatic rings. The first-order valence-electron chi connectivity index (χ1n) is 13.8. The highest BCUT2D eigenvalue weighted by Gasteiger charge is 2.26. The van der Waals surface area contributed by atoms with Gasteiger partial charge in [-0.3, -0.25) is 0 Å². The monoisotopic (exact) mass is 619 g/mol. The van der Waals surface area contributed by atoms with E-state index in [0.717, 1.165) is 22.4 Å². The number of halogens is 1. The summed E-state index contributed by atoms with van der Waals surface area (Å²) < 4.78 is 30.1. The molecule has 0 radical (unpaired) electrons. The van der Waals surface area contributed by atoms with Gasteiger partial charge in [-0.15, -0.1) is 0 Å². The molecule has 1 heterocycles. The van der Waals surface area contributed by atoms with Crippen molar-refractivity contribution in [3.8, 4) is 6.07 Å². The summed E-state index contributed by atoms with van der Waals surface area (Å²) in [6, 6.07) is 25.4. The molecule has 1 amide bonds. The summed E-state index contributed by atoms with van der Waals surface area (Å²) in [4.78, 5) is 22.4. The summed E-state index contributed by atoms with van der Waals surface area (Å²) in [7, 11) is -3.29. The molecular formula is C32H34ClN5O4S. The maximum absolute atomic E-state index is 13.5. The fourth-order valence-corrected chi connectivity index (χ4v) is 5.60. The molecule has 0 fully saturated rings. The third kappa shape index (κ3) is 10.6. The number of amides is 1. The van der Waals surface area contributed by atoms with E-state index in [1.165, 1.54) is 6.26 Å². The first-order valence-corrected chi connectivity index (χ1v) is 16.2. The van der Waals surface area contributed by atoms with Crippen molar-refractivity contribution in [2.45, 2.75) is 38.1 Å². The van der Waals surface area contributed by atoms with E-state index in [4.69, 9.17) is 16.3 Å². The Bertz CT molecular complexity index is 1610. The highest BCUT2D eigenvalue weighted by molar-refractivity contribution is 7.90. The van der Waals surface area contributed by atoms with E-state index in [0.29, 0.717) is 17.0 Å². The lowest BCUT2D eigenvalue weighted by Crippen LogP contribution is -2.46. The van der Waals surface area contributed by atoms with Crippen molar-refractivity contribution in [1.29, 1.82) is 5.26 Å². The minimum atomic E-state index is -3.29. The van der Waals surface area contributed by atoms with Gasteiger partial charge in [-0.2, -0.15) is 5.26 Å². The van der Waals surface area contributed by atoms with Crippen molar-refractivity contribution in [2.75, 3.05) is 18.6 Å². The van der Waals surface area contributed by atoms with Crippen LogP contribution in [-0.2, 0) is 34.1 Å². The maximum Gasteiger partial charge on any atom is 0.410 e. The van der Waals surface area contributed by atoms with Crippen LogP contribution in [0, 0.1) is 11.3 Å². The molecule has 0 bridgehead atoms. The molecule has 2 atom stereocenters. The van der Waals surface area contributed by atoms with E-state index in [-0.39, 0.29) is 37.9 Å². The second-order valence-corrected chi connectivity index (χ2v) is 13.1. The number of hydrogen-bond acceptors (Lipinski definition) is 7. The van der Waals surface area contributed by atoms with Gasteiger partial charge < -0.3 is 19.9 Å². The molecule has 11 heteroatoms. The lowest BCUT2D eigenvalue weighted by molar-refractivity contribution is 0.0887. The number of ether oxygens (including phenoxy) is 1. The number of aromatic nitrogens is 2. The molecule has 0 spiro atoms. The zero-order valence-electron chi connectivity index (χ0n) is 23.8. The minimum Gasteiger partial charge on any atom is -0.445 e. The van der Waals surface area contributed by atoms with Crippen molar-refractivity contribution in [2.24, 2.45) is 0 Å². The lowest BCUT2D eigenvalue weighted by Gasteiger charge is -2.31. The van der Waals surface area contributed by atoms with E-state index in [2.05, 4.69) is 21.4 Å². The van der Waals surface area contributed by atoms with Gasteiger partial charge in [0.1, 0.15) is 16.4 Å². The molecule has 1 aromatic heterocycles. The van der Waals surface area contributed by atoms with Crippen molar-refractivity contribution in [1.82, 2.24) is 20.2 Å². The SMILES string of the molecule is CS(=O)(=O)CC[C@@H](CN(Cc1cccc(Cl)c1)C(=O)OCc1ccccc1)NC(Cc1ccc(C#N)cc1)c1cnc[nH]1. The molecule has 0 aliphatic carbocycles. The van der Waals surface area contributed by atoms with Crippen LogP contribution >= 0.6 is 11.6 Å². The number of nitriles is 1. The number of carbonyl (C=O) groups is 1. The number of carbonyl (C=O) groups excluding carboxylic acids is 1. The van der Waals surface area contributed by atoms with Crippen LogP contribution in [0.15, 0.2) is 91.4 Å². The number of hydrogen-bond donors (Lipinski definition) is 2. The molecule has 4 rings (SSSR count). The molecule has 9 nitrogen and oxygen atoms in total. The summed E-state index contributed by atoms with van der Waals surface area (Å²) in [5, 5.41) is 13.3. The largest absolute Gasteiger partial charge is 0.445 e. The number of imidazole rings is 1. The molecule has 1 unspecified atom stereocenters. The Morgan fingerprint density at radius 2 is 1.81 bits per heavy atom. The van der Waals surface area contributed by atoms with Crippen LogP contribution in [0.1, 0.15) is 40.4 Å². The molecule has 43 heavy (non-hydrogen) atoms. The van der Waals surface area contributed by atoms with Crippen LogP contribution < -0.4 is 5.32 Å².